The molecule has 5 nitrogen and oxygen atoms in total. The highest BCUT2D eigenvalue weighted by molar-refractivity contribution is 5.95. The number of pyridine rings is 1. The molecule has 1 amide bonds. The van der Waals surface area contributed by atoms with Crippen LogP contribution in [0, 0.1) is 11.2 Å². The minimum atomic E-state index is -0.749. The topological polar surface area (TPSA) is 80.0 Å². The van der Waals surface area contributed by atoms with E-state index in [1.165, 1.54) is 12.3 Å². The fourth-order valence-corrected chi connectivity index (χ4v) is 1.16. The Morgan fingerprint density at radius 1 is 1.53 bits per heavy atom. The van der Waals surface area contributed by atoms with E-state index in [4.69, 9.17) is 5.84 Å². The number of rotatable bonds is 3. The molecule has 17 heavy (non-hydrogen) atoms. The third kappa shape index (κ3) is 3.67. The Morgan fingerprint density at radius 3 is 2.71 bits per heavy atom. The number of carbonyl (C=O) groups excluding carboxylic acids is 1. The van der Waals surface area contributed by atoms with Crippen LogP contribution in [-0.4, -0.2) is 17.4 Å². The predicted octanol–water partition coefficient (Wildman–Crippen LogP) is 1.28. The van der Waals surface area contributed by atoms with Crippen molar-refractivity contribution < 1.29 is 9.18 Å². The second-order valence-electron chi connectivity index (χ2n) is 4.91. The molecule has 4 N–H and O–H groups in total. The summed E-state index contributed by atoms with van der Waals surface area (Å²) in [6, 6.07) is 1.31. The molecule has 6 heteroatoms. The molecule has 0 saturated heterocycles. The average Bonchev–Trinajstić information content (AvgIpc) is 2.25. The maximum Gasteiger partial charge on any atom is 0.254 e. The van der Waals surface area contributed by atoms with Gasteiger partial charge in [0.2, 0.25) is 0 Å². The standard InChI is InChI=1S/C11H17FN4O/c1-11(2,3)6-15-10(17)7-4-5-14-9(16-13)8(7)12/h4-5H,6,13H2,1-3H3,(H,14,16)(H,15,17). The summed E-state index contributed by atoms with van der Waals surface area (Å²) in [6.07, 6.45) is 1.32. The summed E-state index contributed by atoms with van der Waals surface area (Å²) in [5.74, 6) is 3.71. The van der Waals surface area contributed by atoms with E-state index in [9.17, 15) is 9.18 Å². The molecule has 1 aromatic heterocycles. The summed E-state index contributed by atoms with van der Waals surface area (Å²) >= 11 is 0. The molecule has 1 aromatic rings. The summed E-state index contributed by atoms with van der Waals surface area (Å²) in [5.41, 5.74) is 1.96. The number of hydrogen-bond donors (Lipinski definition) is 3. The number of anilines is 1. The lowest BCUT2D eigenvalue weighted by atomic mass is 9.97. The van der Waals surface area contributed by atoms with Crippen LogP contribution in [0.25, 0.3) is 0 Å². The van der Waals surface area contributed by atoms with Gasteiger partial charge in [0.05, 0.1) is 5.56 Å². The van der Waals surface area contributed by atoms with Crippen LogP contribution in [0.15, 0.2) is 12.3 Å². The van der Waals surface area contributed by atoms with Crippen LogP contribution in [0.2, 0.25) is 0 Å². The summed E-state index contributed by atoms with van der Waals surface area (Å²) in [7, 11) is 0. The number of hydrazine groups is 1. The van der Waals surface area contributed by atoms with E-state index in [1.54, 1.807) is 0 Å². The highest BCUT2D eigenvalue weighted by Crippen LogP contribution is 2.15. The van der Waals surface area contributed by atoms with Crippen molar-refractivity contribution >= 4 is 11.7 Å². The van der Waals surface area contributed by atoms with Crippen LogP contribution < -0.4 is 16.6 Å². The van der Waals surface area contributed by atoms with Gasteiger partial charge in [-0.1, -0.05) is 20.8 Å². The smallest absolute Gasteiger partial charge is 0.254 e. The summed E-state index contributed by atoms with van der Waals surface area (Å²) < 4.78 is 13.7. The Labute approximate surface area is 99.6 Å². The van der Waals surface area contributed by atoms with E-state index in [1.807, 2.05) is 20.8 Å². The van der Waals surface area contributed by atoms with Crippen LogP contribution >= 0.6 is 0 Å². The predicted molar refractivity (Wildman–Crippen MR) is 63.8 cm³/mol. The second kappa shape index (κ2) is 5.09. The maximum atomic E-state index is 13.7. The van der Waals surface area contributed by atoms with E-state index in [0.29, 0.717) is 6.54 Å². The minimum Gasteiger partial charge on any atom is -0.351 e. The molecule has 94 valence electrons. The van der Waals surface area contributed by atoms with Crippen molar-refractivity contribution in [2.75, 3.05) is 12.0 Å². The van der Waals surface area contributed by atoms with Crippen molar-refractivity contribution in [3.05, 3.63) is 23.6 Å². The second-order valence-corrected chi connectivity index (χ2v) is 4.91. The van der Waals surface area contributed by atoms with Crippen molar-refractivity contribution in [2.24, 2.45) is 11.3 Å². The van der Waals surface area contributed by atoms with Gasteiger partial charge in [0.15, 0.2) is 11.6 Å². The Kier molecular flexibility index (Phi) is 4.01. The van der Waals surface area contributed by atoms with Crippen LogP contribution in [0.1, 0.15) is 31.1 Å². The van der Waals surface area contributed by atoms with Gasteiger partial charge in [0, 0.05) is 12.7 Å². The zero-order chi connectivity index (χ0) is 13.1. The van der Waals surface area contributed by atoms with Crippen LogP contribution in [0.5, 0.6) is 0 Å². The largest absolute Gasteiger partial charge is 0.351 e. The summed E-state index contributed by atoms with van der Waals surface area (Å²) in [4.78, 5) is 15.4. The summed E-state index contributed by atoms with van der Waals surface area (Å²) in [6.45, 7) is 6.38. The van der Waals surface area contributed by atoms with Gasteiger partial charge in [-0.25, -0.2) is 15.2 Å². The zero-order valence-corrected chi connectivity index (χ0v) is 10.2. The number of nitrogen functional groups attached to an aromatic ring is 1. The quantitative estimate of drug-likeness (QED) is 0.549. The third-order valence-electron chi connectivity index (χ3n) is 2.05. The van der Waals surface area contributed by atoms with Crippen molar-refractivity contribution in [1.29, 1.82) is 0 Å². The number of amides is 1. The molecule has 0 fully saturated rings. The molecule has 0 unspecified atom stereocenters. The van der Waals surface area contributed by atoms with Gasteiger partial charge >= 0.3 is 0 Å². The van der Waals surface area contributed by atoms with Crippen molar-refractivity contribution in [3.63, 3.8) is 0 Å². The van der Waals surface area contributed by atoms with Gasteiger partial charge in [0.25, 0.3) is 5.91 Å². The molecule has 0 aromatic carbocycles. The highest BCUT2D eigenvalue weighted by Gasteiger charge is 2.17. The number of aromatic nitrogens is 1. The van der Waals surface area contributed by atoms with Gasteiger partial charge in [-0.15, -0.1) is 0 Å². The van der Waals surface area contributed by atoms with Crippen molar-refractivity contribution in [1.82, 2.24) is 10.3 Å². The Hall–Kier alpha value is -1.69. The van der Waals surface area contributed by atoms with Crippen LogP contribution in [0.3, 0.4) is 0 Å². The van der Waals surface area contributed by atoms with Gasteiger partial charge in [0.1, 0.15) is 0 Å². The number of nitrogens with one attached hydrogen (secondary N) is 2. The number of nitrogens with zero attached hydrogens (tertiary/aromatic N) is 1. The molecule has 0 aliphatic carbocycles. The highest BCUT2D eigenvalue weighted by atomic mass is 19.1. The fourth-order valence-electron chi connectivity index (χ4n) is 1.16. The first-order valence-corrected chi connectivity index (χ1v) is 5.24. The first-order valence-electron chi connectivity index (χ1n) is 5.24. The molecular formula is C11H17FN4O. The fraction of sp³-hybridized carbons (Fsp3) is 0.455. The number of halogens is 1. The van der Waals surface area contributed by atoms with Gasteiger partial charge < -0.3 is 10.7 Å². The van der Waals surface area contributed by atoms with E-state index < -0.39 is 11.7 Å². The van der Waals surface area contributed by atoms with E-state index in [0.717, 1.165) is 0 Å². The lowest BCUT2D eigenvalue weighted by Crippen LogP contribution is -2.33. The van der Waals surface area contributed by atoms with E-state index >= 15 is 0 Å². The van der Waals surface area contributed by atoms with Gasteiger partial charge in [-0.2, -0.15) is 0 Å². The number of nitrogens with two attached hydrogens (primary N) is 1. The van der Waals surface area contributed by atoms with Crippen LogP contribution in [-0.2, 0) is 0 Å². The van der Waals surface area contributed by atoms with Gasteiger partial charge in [-0.3, -0.25) is 4.79 Å². The lowest BCUT2D eigenvalue weighted by Gasteiger charge is -2.18. The number of carbonyl (C=O) groups is 1. The normalized spacial score (nSPS) is 11.1. The zero-order valence-electron chi connectivity index (χ0n) is 10.2. The first-order chi connectivity index (χ1) is 7.85. The van der Waals surface area contributed by atoms with Crippen molar-refractivity contribution in [3.8, 4) is 0 Å². The third-order valence-corrected chi connectivity index (χ3v) is 2.05. The summed E-state index contributed by atoms with van der Waals surface area (Å²) in [5, 5.41) is 2.66. The molecule has 0 aliphatic rings. The molecule has 0 bridgehead atoms. The number of hydrogen-bond acceptors (Lipinski definition) is 4. The van der Waals surface area contributed by atoms with E-state index in [-0.39, 0.29) is 16.8 Å². The molecule has 1 rings (SSSR count). The molecule has 0 radical (unpaired) electrons. The minimum absolute atomic E-state index is 0.0614. The monoisotopic (exact) mass is 240 g/mol. The first kappa shape index (κ1) is 13.4. The lowest BCUT2D eigenvalue weighted by molar-refractivity contribution is 0.0935. The molecular weight excluding hydrogens is 223 g/mol. The van der Waals surface area contributed by atoms with E-state index in [2.05, 4.69) is 15.7 Å². The SMILES string of the molecule is CC(C)(C)CNC(=O)c1ccnc(NN)c1F. The Bertz CT molecular complexity index is 414. The average molecular weight is 240 g/mol. The molecule has 0 saturated carbocycles. The van der Waals surface area contributed by atoms with Crippen LogP contribution in [0.4, 0.5) is 10.2 Å². The molecule has 0 spiro atoms. The van der Waals surface area contributed by atoms with Gasteiger partial charge in [-0.05, 0) is 11.5 Å². The molecule has 0 aliphatic heterocycles. The molecule has 1 heterocycles. The van der Waals surface area contributed by atoms with Crippen molar-refractivity contribution in [2.45, 2.75) is 20.8 Å². The Morgan fingerprint density at radius 2 is 2.18 bits per heavy atom. The Balaban J connectivity index is 2.83. The molecule has 0 atom stereocenters. The maximum absolute atomic E-state index is 13.7.